The average molecular weight is 387 g/mol. The van der Waals surface area contributed by atoms with E-state index in [2.05, 4.69) is 77.4 Å². The Labute approximate surface area is 176 Å². The molecule has 0 radical (unpaired) electrons. The SMILES string of the molecule is C[C@@H]1CCCN1CCc1ccc(C2=CC[C@@H]3CN(Cc4ccccc4)C[C@H]23)cc1. The van der Waals surface area contributed by atoms with Gasteiger partial charge < -0.3 is 4.90 Å². The van der Waals surface area contributed by atoms with Crippen molar-refractivity contribution in [2.24, 2.45) is 11.8 Å². The van der Waals surface area contributed by atoms with Crippen molar-refractivity contribution in [2.75, 3.05) is 26.2 Å². The fraction of sp³-hybridized carbons (Fsp3) is 0.481. The van der Waals surface area contributed by atoms with Gasteiger partial charge in [-0.05, 0) is 67.3 Å². The minimum Gasteiger partial charge on any atom is -0.300 e. The maximum atomic E-state index is 2.66. The monoisotopic (exact) mass is 386 g/mol. The molecule has 0 amide bonds. The average Bonchev–Trinajstić information content (AvgIpc) is 3.44. The first-order valence-electron chi connectivity index (χ1n) is 11.6. The summed E-state index contributed by atoms with van der Waals surface area (Å²) in [5.41, 5.74) is 5.98. The van der Waals surface area contributed by atoms with Crippen molar-refractivity contribution in [3.63, 3.8) is 0 Å². The summed E-state index contributed by atoms with van der Waals surface area (Å²) in [5, 5.41) is 0. The predicted molar refractivity (Wildman–Crippen MR) is 122 cm³/mol. The molecule has 2 aromatic rings. The molecule has 2 heteroatoms. The van der Waals surface area contributed by atoms with Gasteiger partial charge in [0.15, 0.2) is 0 Å². The van der Waals surface area contributed by atoms with Gasteiger partial charge in [0, 0.05) is 38.1 Å². The number of hydrogen-bond donors (Lipinski definition) is 0. The first-order chi connectivity index (χ1) is 14.3. The predicted octanol–water partition coefficient (Wildman–Crippen LogP) is 5.25. The van der Waals surface area contributed by atoms with E-state index in [1.54, 1.807) is 5.57 Å². The standard InChI is InChI=1S/C27H34N2/c1-21-6-5-16-29(21)17-15-22-9-11-24(12-10-22)26-14-13-25-19-28(20-27(25)26)18-23-7-3-2-4-8-23/h2-4,7-12,14,21,25,27H,5-6,13,15-20H2,1H3/t21-,25-,27+/m1/s1. The third-order valence-corrected chi connectivity index (χ3v) is 7.47. The number of likely N-dealkylation sites (tertiary alicyclic amines) is 2. The lowest BCUT2D eigenvalue weighted by atomic mass is 9.90. The molecule has 3 atom stereocenters. The van der Waals surface area contributed by atoms with Gasteiger partial charge in [0.25, 0.3) is 0 Å². The summed E-state index contributed by atoms with van der Waals surface area (Å²) in [6, 6.07) is 21.2. The van der Waals surface area contributed by atoms with E-state index in [1.807, 2.05) is 0 Å². The van der Waals surface area contributed by atoms with Crippen LogP contribution in [0.4, 0.5) is 0 Å². The van der Waals surface area contributed by atoms with Crippen LogP contribution in [-0.2, 0) is 13.0 Å². The van der Waals surface area contributed by atoms with Crippen LogP contribution in [0.1, 0.15) is 42.9 Å². The van der Waals surface area contributed by atoms with Crippen molar-refractivity contribution < 1.29 is 0 Å². The Balaban J connectivity index is 1.19. The van der Waals surface area contributed by atoms with E-state index in [1.165, 1.54) is 68.6 Å². The fourth-order valence-electron chi connectivity index (χ4n) is 5.75. The van der Waals surface area contributed by atoms with Crippen LogP contribution in [0.25, 0.3) is 5.57 Å². The van der Waals surface area contributed by atoms with E-state index in [-0.39, 0.29) is 0 Å². The highest BCUT2D eigenvalue weighted by Crippen LogP contribution is 2.43. The molecule has 2 aromatic carbocycles. The minimum absolute atomic E-state index is 0.718. The van der Waals surface area contributed by atoms with Gasteiger partial charge in [-0.1, -0.05) is 60.7 Å². The molecule has 0 saturated carbocycles. The van der Waals surface area contributed by atoms with E-state index in [0.717, 1.165) is 24.4 Å². The highest BCUT2D eigenvalue weighted by Gasteiger charge is 2.38. The van der Waals surface area contributed by atoms with Crippen molar-refractivity contribution >= 4 is 5.57 Å². The topological polar surface area (TPSA) is 6.48 Å². The summed E-state index contributed by atoms with van der Waals surface area (Å²) >= 11 is 0. The molecule has 29 heavy (non-hydrogen) atoms. The van der Waals surface area contributed by atoms with Crippen LogP contribution in [0.3, 0.4) is 0 Å². The Morgan fingerprint density at radius 2 is 1.76 bits per heavy atom. The third-order valence-electron chi connectivity index (χ3n) is 7.47. The van der Waals surface area contributed by atoms with Crippen LogP contribution in [-0.4, -0.2) is 42.0 Å². The third kappa shape index (κ3) is 4.20. The molecule has 1 aliphatic carbocycles. The van der Waals surface area contributed by atoms with Crippen molar-refractivity contribution in [3.8, 4) is 0 Å². The Hall–Kier alpha value is -1.90. The Bertz CT molecular complexity index is 839. The Morgan fingerprint density at radius 1 is 0.931 bits per heavy atom. The molecule has 2 aliphatic heterocycles. The van der Waals surface area contributed by atoms with Crippen molar-refractivity contribution in [2.45, 2.75) is 45.2 Å². The summed E-state index contributed by atoms with van der Waals surface area (Å²) in [6.45, 7) is 8.42. The summed E-state index contributed by atoms with van der Waals surface area (Å²) in [6.07, 6.45) is 7.70. The van der Waals surface area contributed by atoms with Gasteiger partial charge in [-0.3, -0.25) is 4.90 Å². The fourth-order valence-corrected chi connectivity index (χ4v) is 5.75. The van der Waals surface area contributed by atoms with Crippen molar-refractivity contribution in [1.29, 1.82) is 0 Å². The molecule has 0 aromatic heterocycles. The second-order valence-electron chi connectivity index (χ2n) is 9.42. The van der Waals surface area contributed by atoms with Crippen LogP contribution >= 0.6 is 0 Å². The zero-order valence-corrected chi connectivity index (χ0v) is 17.8. The highest BCUT2D eigenvalue weighted by molar-refractivity contribution is 5.70. The molecule has 3 aliphatic rings. The normalized spacial score (nSPS) is 27.3. The molecule has 2 fully saturated rings. The molecular formula is C27H34N2. The molecule has 0 spiro atoms. The molecule has 152 valence electrons. The number of nitrogens with zero attached hydrogens (tertiary/aromatic N) is 2. The summed E-state index contributed by atoms with van der Waals surface area (Å²) < 4.78 is 0. The van der Waals surface area contributed by atoms with Crippen LogP contribution in [0.15, 0.2) is 60.7 Å². The summed E-state index contributed by atoms with van der Waals surface area (Å²) in [4.78, 5) is 5.31. The first kappa shape index (κ1) is 19.1. The first-order valence-corrected chi connectivity index (χ1v) is 11.6. The van der Waals surface area contributed by atoms with E-state index >= 15 is 0 Å². The molecule has 2 heterocycles. The highest BCUT2D eigenvalue weighted by atomic mass is 15.2. The largest absolute Gasteiger partial charge is 0.300 e. The van der Waals surface area contributed by atoms with E-state index in [4.69, 9.17) is 0 Å². The van der Waals surface area contributed by atoms with Gasteiger partial charge in [0.05, 0.1) is 0 Å². The van der Waals surface area contributed by atoms with Gasteiger partial charge >= 0.3 is 0 Å². The molecule has 2 saturated heterocycles. The van der Waals surface area contributed by atoms with Crippen LogP contribution in [0.2, 0.25) is 0 Å². The van der Waals surface area contributed by atoms with Gasteiger partial charge in [-0.2, -0.15) is 0 Å². The van der Waals surface area contributed by atoms with Gasteiger partial charge in [0.2, 0.25) is 0 Å². The zero-order chi connectivity index (χ0) is 19.6. The lowest BCUT2D eigenvalue weighted by molar-refractivity contribution is 0.272. The molecular weight excluding hydrogens is 352 g/mol. The van der Waals surface area contributed by atoms with Crippen molar-refractivity contribution in [3.05, 3.63) is 77.4 Å². The number of allylic oxidation sites excluding steroid dienone is 1. The second kappa shape index (κ2) is 8.45. The molecule has 0 N–H and O–H groups in total. The van der Waals surface area contributed by atoms with Crippen LogP contribution < -0.4 is 0 Å². The lowest BCUT2D eigenvalue weighted by Gasteiger charge is -2.21. The van der Waals surface area contributed by atoms with Crippen LogP contribution in [0.5, 0.6) is 0 Å². The van der Waals surface area contributed by atoms with Gasteiger partial charge in [-0.25, -0.2) is 0 Å². The Kier molecular flexibility index (Phi) is 5.56. The minimum atomic E-state index is 0.718. The second-order valence-corrected chi connectivity index (χ2v) is 9.42. The summed E-state index contributed by atoms with van der Waals surface area (Å²) in [5.74, 6) is 1.53. The summed E-state index contributed by atoms with van der Waals surface area (Å²) in [7, 11) is 0. The Morgan fingerprint density at radius 3 is 2.52 bits per heavy atom. The van der Waals surface area contributed by atoms with Crippen molar-refractivity contribution in [1.82, 2.24) is 9.80 Å². The molecule has 0 unspecified atom stereocenters. The number of rotatable bonds is 6. The zero-order valence-electron chi connectivity index (χ0n) is 17.8. The number of fused-ring (bicyclic) bond motifs is 1. The maximum absolute atomic E-state index is 2.66. The lowest BCUT2D eigenvalue weighted by Crippen LogP contribution is -2.28. The number of benzene rings is 2. The van der Waals surface area contributed by atoms with Gasteiger partial charge in [0.1, 0.15) is 0 Å². The van der Waals surface area contributed by atoms with E-state index in [9.17, 15) is 0 Å². The van der Waals surface area contributed by atoms with E-state index < -0.39 is 0 Å². The smallest absolute Gasteiger partial charge is 0.0234 e. The molecule has 5 rings (SSSR count). The quantitative estimate of drug-likeness (QED) is 0.669. The van der Waals surface area contributed by atoms with Gasteiger partial charge in [-0.15, -0.1) is 0 Å². The molecule has 2 nitrogen and oxygen atoms in total. The number of hydrogen-bond acceptors (Lipinski definition) is 2. The molecule has 0 bridgehead atoms. The van der Waals surface area contributed by atoms with E-state index in [0.29, 0.717) is 0 Å². The maximum Gasteiger partial charge on any atom is 0.0234 e. The van der Waals surface area contributed by atoms with Crippen LogP contribution in [0, 0.1) is 11.8 Å².